The van der Waals surface area contributed by atoms with Crippen LogP contribution in [0.3, 0.4) is 0 Å². The number of ether oxygens (including phenoxy) is 3. The van der Waals surface area contributed by atoms with Gasteiger partial charge < -0.3 is 29.3 Å². The quantitative estimate of drug-likeness (QED) is 0.177. The fourth-order valence-electron chi connectivity index (χ4n) is 3.59. The Morgan fingerprint density at radius 1 is 1.06 bits per heavy atom. The highest BCUT2D eigenvalue weighted by Gasteiger charge is 2.45. The van der Waals surface area contributed by atoms with Crippen LogP contribution in [-0.2, 0) is 14.3 Å². The van der Waals surface area contributed by atoms with E-state index in [0.29, 0.717) is 29.2 Å². The zero-order valence-electron chi connectivity index (χ0n) is 18.4. The molecule has 1 heterocycles. The second kappa shape index (κ2) is 11.3. The number of methoxy groups -OCH3 is 1. The Bertz CT molecular complexity index is 1010. The van der Waals surface area contributed by atoms with Crippen LogP contribution in [0.25, 0.3) is 5.76 Å². The van der Waals surface area contributed by atoms with Crippen LogP contribution in [0.1, 0.15) is 17.2 Å². The van der Waals surface area contributed by atoms with Crippen molar-refractivity contribution in [2.45, 2.75) is 6.04 Å². The SMILES string of the molecule is C=CCOc1ccc(C(O)=C2C(=O)C(=O)N(CCOCCO)C2c2ccc(OC)cc2)cc1. The summed E-state index contributed by atoms with van der Waals surface area (Å²) in [6.07, 6.45) is 1.62. The molecule has 1 unspecified atom stereocenters. The number of benzene rings is 2. The third-order valence-corrected chi connectivity index (χ3v) is 5.18. The first kappa shape index (κ1) is 24.0. The summed E-state index contributed by atoms with van der Waals surface area (Å²) in [6, 6.07) is 12.7. The number of carbonyl (C=O) groups excluding carboxylic acids is 2. The molecule has 0 bridgehead atoms. The monoisotopic (exact) mass is 453 g/mol. The molecule has 33 heavy (non-hydrogen) atoms. The number of nitrogens with zero attached hydrogens (tertiary/aromatic N) is 1. The van der Waals surface area contributed by atoms with Crippen LogP contribution in [0.5, 0.6) is 11.5 Å². The number of ketones is 1. The van der Waals surface area contributed by atoms with E-state index in [1.54, 1.807) is 61.7 Å². The van der Waals surface area contributed by atoms with Crippen molar-refractivity contribution in [2.75, 3.05) is 40.1 Å². The molecule has 0 radical (unpaired) electrons. The molecule has 1 amide bonds. The molecule has 2 aromatic carbocycles. The van der Waals surface area contributed by atoms with Crippen molar-refractivity contribution in [1.29, 1.82) is 0 Å². The summed E-state index contributed by atoms with van der Waals surface area (Å²) in [5.41, 5.74) is 1.02. The Morgan fingerprint density at radius 2 is 1.73 bits per heavy atom. The van der Waals surface area contributed by atoms with Gasteiger partial charge >= 0.3 is 0 Å². The van der Waals surface area contributed by atoms with E-state index >= 15 is 0 Å². The number of aliphatic hydroxyl groups is 2. The Labute approximate surface area is 192 Å². The van der Waals surface area contributed by atoms with Crippen molar-refractivity contribution in [1.82, 2.24) is 4.90 Å². The van der Waals surface area contributed by atoms with Gasteiger partial charge in [0.15, 0.2) is 0 Å². The summed E-state index contributed by atoms with van der Waals surface area (Å²) >= 11 is 0. The van der Waals surface area contributed by atoms with Crippen molar-refractivity contribution in [3.05, 3.63) is 77.9 Å². The molecule has 1 fully saturated rings. The van der Waals surface area contributed by atoms with E-state index in [1.807, 2.05) is 0 Å². The summed E-state index contributed by atoms with van der Waals surface area (Å²) in [4.78, 5) is 27.2. The number of aliphatic hydroxyl groups excluding tert-OH is 2. The second-order valence-electron chi connectivity index (χ2n) is 7.23. The molecule has 0 spiro atoms. The average molecular weight is 453 g/mol. The fraction of sp³-hybridized carbons (Fsp3) is 0.280. The molecular weight excluding hydrogens is 426 g/mol. The number of rotatable bonds is 11. The van der Waals surface area contributed by atoms with E-state index in [2.05, 4.69) is 6.58 Å². The van der Waals surface area contributed by atoms with Crippen LogP contribution in [0, 0.1) is 0 Å². The normalized spacial score (nSPS) is 17.3. The molecule has 1 atom stereocenters. The van der Waals surface area contributed by atoms with E-state index < -0.39 is 17.7 Å². The molecule has 174 valence electrons. The van der Waals surface area contributed by atoms with Gasteiger partial charge in [0.25, 0.3) is 11.7 Å². The van der Waals surface area contributed by atoms with E-state index in [1.165, 1.54) is 4.90 Å². The molecule has 1 aliphatic rings. The summed E-state index contributed by atoms with van der Waals surface area (Å²) in [7, 11) is 1.54. The first-order valence-corrected chi connectivity index (χ1v) is 10.5. The minimum atomic E-state index is -0.801. The Morgan fingerprint density at radius 3 is 2.33 bits per heavy atom. The van der Waals surface area contributed by atoms with E-state index in [-0.39, 0.29) is 37.7 Å². The van der Waals surface area contributed by atoms with Gasteiger partial charge in [0.2, 0.25) is 0 Å². The standard InChI is InChI=1S/C25H27NO7/c1-3-14-33-20-10-6-18(7-11-20)23(28)21-22(17-4-8-19(31-2)9-5-17)26(25(30)24(21)29)12-15-32-16-13-27/h3-11,22,27-28H,1,12-16H2,2H3. The smallest absolute Gasteiger partial charge is 0.295 e. The van der Waals surface area contributed by atoms with Crippen LogP contribution in [-0.4, -0.2) is 66.9 Å². The molecule has 1 saturated heterocycles. The highest BCUT2D eigenvalue weighted by molar-refractivity contribution is 6.46. The van der Waals surface area contributed by atoms with Gasteiger partial charge in [-0.1, -0.05) is 24.8 Å². The molecule has 0 aromatic heterocycles. The molecule has 0 saturated carbocycles. The molecule has 8 heteroatoms. The Hall–Kier alpha value is -3.62. The number of Topliss-reactive ketones (excluding diaryl/α,β-unsaturated/α-hetero) is 1. The predicted molar refractivity (Wildman–Crippen MR) is 122 cm³/mol. The lowest BCUT2D eigenvalue weighted by Crippen LogP contribution is -2.33. The zero-order chi connectivity index (χ0) is 23.8. The maximum Gasteiger partial charge on any atom is 0.295 e. The summed E-state index contributed by atoms with van der Waals surface area (Å²) in [5, 5.41) is 20.0. The largest absolute Gasteiger partial charge is 0.507 e. The van der Waals surface area contributed by atoms with Gasteiger partial charge in [-0.05, 0) is 42.0 Å². The highest BCUT2D eigenvalue weighted by atomic mass is 16.5. The summed E-state index contributed by atoms with van der Waals surface area (Å²) < 4.78 is 16.0. The number of hydrogen-bond donors (Lipinski definition) is 2. The molecular formula is C25H27NO7. The second-order valence-corrected chi connectivity index (χ2v) is 7.23. The van der Waals surface area contributed by atoms with Crippen molar-refractivity contribution in [2.24, 2.45) is 0 Å². The molecule has 2 aromatic rings. The van der Waals surface area contributed by atoms with Crippen molar-refractivity contribution in [3.8, 4) is 11.5 Å². The summed E-state index contributed by atoms with van der Waals surface area (Å²) in [5.74, 6) is -0.571. The van der Waals surface area contributed by atoms with Crippen LogP contribution < -0.4 is 9.47 Å². The van der Waals surface area contributed by atoms with E-state index in [4.69, 9.17) is 19.3 Å². The van der Waals surface area contributed by atoms with Gasteiger partial charge in [0.05, 0.1) is 38.5 Å². The van der Waals surface area contributed by atoms with Gasteiger partial charge in [-0.3, -0.25) is 9.59 Å². The third kappa shape index (κ3) is 5.42. The van der Waals surface area contributed by atoms with E-state index in [9.17, 15) is 14.7 Å². The lowest BCUT2D eigenvalue weighted by Gasteiger charge is -2.25. The average Bonchev–Trinajstić information content (AvgIpc) is 3.10. The maximum absolute atomic E-state index is 13.0. The lowest BCUT2D eigenvalue weighted by atomic mass is 9.95. The van der Waals surface area contributed by atoms with Crippen LogP contribution in [0.15, 0.2) is 66.8 Å². The molecule has 0 aliphatic carbocycles. The zero-order valence-corrected chi connectivity index (χ0v) is 18.4. The molecule has 3 rings (SSSR count). The fourth-order valence-corrected chi connectivity index (χ4v) is 3.59. The van der Waals surface area contributed by atoms with Gasteiger partial charge in [-0.15, -0.1) is 0 Å². The topological polar surface area (TPSA) is 106 Å². The third-order valence-electron chi connectivity index (χ3n) is 5.18. The number of hydrogen-bond acceptors (Lipinski definition) is 7. The number of carbonyl (C=O) groups is 2. The first-order chi connectivity index (χ1) is 16.0. The van der Waals surface area contributed by atoms with Crippen molar-refractivity contribution >= 4 is 17.4 Å². The summed E-state index contributed by atoms with van der Waals surface area (Å²) in [6.45, 7) is 4.17. The van der Waals surface area contributed by atoms with Crippen LogP contribution in [0.2, 0.25) is 0 Å². The lowest BCUT2D eigenvalue weighted by molar-refractivity contribution is -0.140. The Kier molecular flexibility index (Phi) is 8.23. The van der Waals surface area contributed by atoms with Gasteiger partial charge in [0, 0.05) is 12.1 Å². The maximum atomic E-state index is 13.0. The van der Waals surface area contributed by atoms with Crippen LogP contribution >= 0.6 is 0 Å². The van der Waals surface area contributed by atoms with Crippen molar-refractivity contribution in [3.63, 3.8) is 0 Å². The molecule has 8 nitrogen and oxygen atoms in total. The van der Waals surface area contributed by atoms with E-state index in [0.717, 1.165) is 0 Å². The minimum Gasteiger partial charge on any atom is -0.507 e. The number of likely N-dealkylation sites (tertiary alicyclic amines) is 1. The van der Waals surface area contributed by atoms with Crippen molar-refractivity contribution < 1.29 is 34.0 Å². The van der Waals surface area contributed by atoms with Crippen LogP contribution in [0.4, 0.5) is 0 Å². The minimum absolute atomic E-state index is 0.00733. The molecule has 1 aliphatic heterocycles. The van der Waals surface area contributed by atoms with Gasteiger partial charge in [0.1, 0.15) is 23.9 Å². The van der Waals surface area contributed by atoms with Gasteiger partial charge in [-0.2, -0.15) is 0 Å². The Balaban J connectivity index is 2.00. The first-order valence-electron chi connectivity index (χ1n) is 10.5. The predicted octanol–water partition coefficient (Wildman–Crippen LogP) is 2.69. The van der Waals surface area contributed by atoms with Gasteiger partial charge in [-0.25, -0.2) is 0 Å². The molecule has 2 N–H and O–H groups in total. The highest BCUT2D eigenvalue weighted by Crippen LogP contribution is 2.39. The number of amides is 1.